The quantitative estimate of drug-likeness (QED) is 0.184. The van der Waals surface area contributed by atoms with Crippen LogP contribution in [0.2, 0.25) is 0 Å². The minimum atomic E-state index is -0.439. The molecule has 1 unspecified atom stereocenters. The van der Waals surface area contributed by atoms with Gasteiger partial charge in [-0.1, -0.05) is 135 Å². The van der Waals surface area contributed by atoms with Crippen LogP contribution in [0.25, 0.3) is 11.1 Å². The molecule has 0 radical (unpaired) electrons. The molecule has 3 nitrogen and oxygen atoms in total. The molecule has 1 atom stereocenters. The van der Waals surface area contributed by atoms with E-state index in [4.69, 9.17) is 4.74 Å². The molecule has 0 N–H and O–H groups in total. The minimum Gasteiger partial charge on any atom is -0.369 e. The lowest BCUT2D eigenvalue weighted by Crippen LogP contribution is -2.28. The van der Waals surface area contributed by atoms with Crippen LogP contribution in [0, 0.1) is 0 Å². The van der Waals surface area contributed by atoms with Crippen molar-refractivity contribution in [3.05, 3.63) is 155 Å². The Morgan fingerprint density at radius 1 is 0.675 bits per heavy atom. The molecule has 0 saturated heterocycles. The monoisotopic (exact) mass is 527 g/mol. The molecular formula is C37H37NO2. The van der Waals surface area contributed by atoms with Gasteiger partial charge in [-0.2, -0.15) is 0 Å². The van der Waals surface area contributed by atoms with Gasteiger partial charge in [0.05, 0.1) is 5.57 Å². The van der Waals surface area contributed by atoms with Crippen molar-refractivity contribution in [2.45, 2.75) is 45.9 Å². The first-order chi connectivity index (χ1) is 19.7. The summed E-state index contributed by atoms with van der Waals surface area (Å²) < 4.78 is 6.52. The molecule has 1 aliphatic rings. The molecule has 0 heterocycles. The van der Waals surface area contributed by atoms with Gasteiger partial charge in [-0.3, -0.25) is 4.79 Å². The van der Waals surface area contributed by atoms with Gasteiger partial charge >= 0.3 is 0 Å². The number of hydrogen-bond donors (Lipinski definition) is 0. The lowest BCUT2D eigenvalue weighted by atomic mass is 9.96. The number of hydrogen-bond acceptors (Lipinski definition) is 3. The van der Waals surface area contributed by atoms with E-state index in [0.717, 1.165) is 46.4 Å². The van der Waals surface area contributed by atoms with Gasteiger partial charge in [0.1, 0.15) is 6.10 Å². The molecule has 40 heavy (non-hydrogen) atoms. The largest absolute Gasteiger partial charge is 0.369 e. The lowest BCUT2D eigenvalue weighted by Gasteiger charge is -2.31. The SMILES string of the molecule is CCC/C(=C1/C(=O)C(c2ccccc2)=C(c2ccccc2)C1OCC)N(Cc1ccccc1)Cc1ccccc1. The second-order valence-corrected chi connectivity index (χ2v) is 10.1. The van der Waals surface area contributed by atoms with Crippen LogP contribution < -0.4 is 0 Å². The molecule has 4 aromatic carbocycles. The molecule has 0 saturated carbocycles. The van der Waals surface area contributed by atoms with Crippen LogP contribution in [-0.2, 0) is 22.6 Å². The van der Waals surface area contributed by atoms with E-state index in [1.807, 2.05) is 67.6 Å². The van der Waals surface area contributed by atoms with Gasteiger partial charge < -0.3 is 9.64 Å². The summed E-state index contributed by atoms with van der Waals surface area (Å²) in [6.07, 6.45) is 1.27. The van der Waals surface area contributed by atoms with Gasteiger partial charge in [0.15, 0.2) is 5.78 Å². The highest BCUT2D eigenvalue weighted by molar-refractivity contribution is 6.40. The van der Waals surface area contributed by atoms with Crippen LogP contribution in [0.1, 0.15) is 48.9 Å². The third kappa shape index (κ3) is 6.00. The maximum absolute atomic E-state index is 14.7. The van der Waals surface area contributed by atoms with Crippen molar-refractivity contribution in [3.63, 3.8) is 0 Å². The smallest absolute Gasteiger partial charge is 0.194 e. The predicted octanol–water partition coefficient (Wildman–Crippen LogP) is 8.34. The Labute approximate surface area is 238 Å². The van der Waals surface area contributed by atoms with Crippen LogP contribution in [-0.4, -0.2) is 23.4 Å². The normalized spacial score (nSPS) is 16.4. The predicted molar refractivity (Wildman–Crippen MR) is 164 cm³/mol. The van der Waals surface area contributed by atoms with Crippen LogP contribution in [0.5, 0.6) is 0 Å². The summed E-state index contributed by atoms with van der Waals surface area (Å²) in [7, 11) is 0. The molecule has 0 bridgehead atoms. The number of rotatable bonds is 11. The first kappa shape index (κ1) is 27.4. The van der Waals surface area contributed by atoms with Gasteiger partial charge in [0.2, 0.25) is 0 Å². The molecule has 4 aromatic rings. The van der Waals surface area contributed by atoms with Crippen molar-refractivity contribution in [2.24, 2.45) is 0 Å². The van der Waals surface area contributed by atoms with Gasteiger partial charge in [0.25, 0.3) is 0 Å². The molecule has 1 aliphatic carbocycles. The number of ketones is 1. The van der Waals surface area contributed by atoms with Crippen LogP contribution in [0.15, 0.2) is 133 Å². The van der Waals surface area contributed by atoms with E-state index < -0.39 is 6.10 Å². The number of Topliss-reactive ketones (excluding diaryl/α,β-unsaturated/α-hetero) is 1. The van der Waals surface area contributed by atoms with Crippen molar-refractivity contribution in [1.29, 1.82) is 0 Å². The molecule has 5 rings (SSSR count). The number of carbonyl (C=O) groups is 1. The second-order valence-electron chi connectivity index (χ2n) is 10.1. The van der Waals surface area contributed by atoms with Crippen molar-refractivity contribution in [3.8, 4) is 0 Å². The Hall–Kier alpha value is -4.21. The van der Waals surface area contributed by atoms with Gasteiger partial charge in [0, 0.05) is 36.5 Å². The fraction of sp³-hybridized carbons (Fsp3) is 0.216. The summed E-state index contributed by atoms with van der Waals surface area (Å²) in [5, 5.41) is 0. The van der Waals surface area contributed by atoms with Crippen molar-refractivity contribution in [1.82, 2.24) is 4.90 Å². The Balaban J connectivity index is 1.71. The van der Waals surface area contributed by atoms with Gasteiger partial charge in [-0.25, -0.2) is 0 Å². The molecule has 0 spiro atoms. The third-order valence-electron chi connectivity index (χ3n) is 7.36. The summed E-state index contributed by atoms with van der Waals surface area (Å²) in [5.41, 5.74) is 7.92. The highest BCUT2D eigenvalue weighted by Gasteiger charge is 2.41. The summed E-state index contributed by atoms with van der Waals surface area (Å²) in [5.74, 6) is 0.0677. The zero-order chi connectivity index (χ0) is 27.7. The Bertz CT molecular complexity index is 1420. The summed E-state index contributed by atoms with van der Waals surface area (Å²) in [4.78, 5) is 17.1. The standard InChI is InChI=1S/C37H37NO2/c1-3-17-32(38(26-28-18-9-5-10-19-28)27-29-20-11-6-12-21-29)35-36(39)33(30-22-13-7-14-23-30)34(37(35)40-4-2)31-24-15-8-16-25-31/h5-16,18-25,37H,3-4,17,26-27H2,1-2H3/b35-32+. The van der Waals surface area contributed by atoms with Gasteiger partial charge in [-0.05, 0) is 35.6 Å². The molecule has 0 aliphatic heterocycles. The number of nitrogens with zero attached hydrogens (tertiary/aromatic N) is 1. The van der Waals surface area contributed by atoms with E-state index in [2.05, 4.69) is 72.5 Å². The van der Waals surface area contributed by atoms with E-state index in [9.17, 15) is 4.79 Å². The summed E-state index contributed by atoms with van der Waals surface area (Å²) >= 11 is 0. The number of allylic oxidation sites excluding steroid dienone is 2. The molecule has 3 heteroatoms. The van der Waals surface area contributed by atoms with Crippen LogP contribution in [0.3, 0.4) is 0 Å². The Kier molecular flexibility index (Phi) is 9.05. The van der Waals surface area contributed by atoms with E-state index >= 15 is 0 Å². The Morgan fingerprint density at radius 3 is 1.62 bits per heavy atom. The lowest BCUT2D eigenvalue weighted by molar-refractivity contribution is -0.111. The van der Waals surface area contributed by atoms with E-state index in [0.29, 0.717) is 19.7 Å². The fourth-order valence-electron chi connectivity index (χ4n) is 5.63. The van der Waals surface area contributed by atoms with Crippen molar-refractivity contribution >= 4 is 16.9 Å². The number of ether oxygens (including phenoxy) is 1. The summed E-state index contributed by atoms with van der Waals surface area (Å²) in [6, 6.07) is 41.4. The molecular weight excluding hydrogens is 490 g/mol. The maximum Gasteiger partial charge on any atom is 0.194 e. The van der Waals surface area contributed by atoms with E-state index in [1.54, 1.807) is 0 Å². The zero-order valence-corrected chi connectivity index (χ0v) is 23.4. The van der Waals surface area contributed by atoms with E-state index in [-0.39, 0.29) is 5.78 Å². The molecule has 0 fully saturated rings. The van der Waals surface area contributed by atoms with Crippen molar-refractivity contribution < 1.29 is 9.53 Å². The average Bonchev–Trinajstić information content (AvgIpc) is 3.29. The molecule has 0 amide bonds. The fourth-order valence-corrected chi connectivity index (χ4v) is 5.63. The first-order valence-electron chi connectivity index (χ1n) is 14.3. The van der Waals surface area contributed by atoms with Crippen molar-refractivity contribution in [2.75, 3.05) is 6.61 Å². The minimum absolute atomic E-state index is 0.0677. The van der Waals surface area contributed by atoms with Gasteiger partial charge in [-0.15, -0.1) is 0 Å². The zero-order valence-electron chi connectivity index (χ0n) is 23.4. The van der Waals surface area contributed by atoms with E-state index in [1.165, 1.54) is 11.1 Å². The number of benzene rings is 4. The van der Waals surface area contributed by atoms with Crippen LogP contribution >= 0.6 is 0 Å². The molecule has 202 valence electrons. The highest BCUT2D eigenvalue weighted by Crippen LogP contribution is 2.45. The summed E-state index contributed by atoms with van der Waals surface area (Å²) in [6.45, 7) is 6.12. The topological polar surface area (TPSA) is 29.5 Å². The Morgan fingerprint density at radius 2 is 1.15 bits per heavy atom. The third-order valence-corrected chi connectivity index (χ3v) is 7.36. The average molecular weight is 528 g/mol. The maximum atomic E-state index is 14.7. The first-order valence-corrected chi connectivity index (χ1v) is 14.3. The second kappa shape index (κ2) is 13.2. The molecule has 0 aromatic heterocycles. The van der Waals surface area contributed by atoms with Crippen LogP contribution in [0.4, 0.5) is 0 Å². The number of carbonyl (C=O) groups excluding carboxylic acids is 1. The highest BCUT2D eigenvalue weighted by atomic mass is 16.5.